The molecule has 4 N–H and O–H groups in total. The molecule has 0 fully saturated rings. The average Bonchev–Trinajstić information content (AvgIpc) is 2.21. The molecule has 7 heteroatoms. The van der Waals surface area contributed by atoms with E-state index >= 15 is 0 Å². The third-order valence-corrected chi connectivity index (χ3v) is 3.93. The summed E-state index contributed by atoms with van der Waals surface area (Å²) >= 11 is 5.70. The topological polar surface area (TPSA) is 92.4 Å². The Balaban J connectivity index is 2.79. The Morgan fingerprint density at radius 3 is 2.71 bits per heavy atom. The van der Waals surface area contributed by atoms with Crippen molar-refractivity contribution >= 4 is 27.3 Å². The summed E-state index contributed by atoms with van der Waals surface area (Å²) in [4.78, 5) is 0.0602. The molecular weight excluding hydrogens is 264 g/mol. The first-order chi connectivity index (χ1) is 7.83. The van der Waals surface area contributed by atoms with Crippen LogP contribution in [0.5, 0.6) is 0 Å². The molecule has 17 heavy (non-hydrogen) atoms. The number of benzene rings is 1. The molecule has 5 nitrogen and oxygen atoms in total. The number of anilines is 1. The zero-order valence-electron chi connectivity index (χ0n) is 9.35. The number of aliphatic hydroxyl groups excluding tert-OH is 1. The normalized spacial score (nSPS) is 13.6. The van der Waals surface area contributed by atoms with Gasteiger partial charge in [-0.1, -0.05) is 11.6 Å². The lowest BCUT2D eigenvalue weighted by atomic mass is 10.3. The molecule has 0 bridgehead atoms. The SMILES string of the molecule is CC(O)CCNS(=O)(=O)c1ccc(Cl)c(N)c1. The summed E-state index contributed by atoms with van der Waals surface area (Å²) in [6.45, 7) is 1.76. The molecule has 1 aromatic rings. The summed E-state index contributed by atoms with van der Waals surface area (Å²) in [6.07, 6.45) is -0.199. The van der Waals surface area contributed by atoms with E-state index in [0.29, 0.717) is 11.4 Å². The van der Waals surface area contributed by atoms with Crippen molar-refractivity contribution in [3.05, 3.63) is 23.2 Å². The highest BCUT2D eigenvalue weighted by Gasteiger charge is 2.14. The minimum absolute atomic E-state index is 0.0602. The maximum atomic E-state index is 11.8. The van der Waals surface area contributed by atoms with E-state index in [0.717, 1.165) is 0 Å². The van der Waals surface area contributed by atoms with Gasteiger partial charge >= 0.3 is 0 Å². The van der Waals surface area contributed by atoms with Gasteiger partial charge in [-0.25, -0.2) is 13.1 Å². The first-order valence-corrected chi connectivity index (χ1v) is 6.92. The molecule has 96 valence electrons. The van der Waals surface area contributed by atoms with Crippen molar-refractivity contribution < 1.29 is 13.5 Å². The molecule has 0 spiro atoms. The standard InChI is InChI=1S/C10H15ClN2O3S/c1-7(14)4-5-13-17(15,16)8-2-3-9(11)10(12)6-8/h2-3,6-7,13-14H,4-5,12H2,1H3. The maximum absolute atomic E-state index is 11.8. The van der Waals surface area contributed by atoms with Gasteiger partial charge < -0.3 is 10.8 Å². The Bertz CT molecular complexity index is 488. The van der Waals surface area contributed by atoms with Crippen LogP contribution in [0.25, 0.3) is 0 Å². The molecular formula is C10H15ClN2O3S. The lowest BCUT2D eigenvalue weighted by Crippen LogP contribution is -2.26. The van der Waals surface area contributed by atoms with Crippen molar-refractivity contribution in [2.75, 3.05) is 12.3 Å². The van der Waals surface area contributed by atoms with Gasteiger partial charge in [0.1, 0.15) is 0 Å². The summed E-state index contributed by atoms with van der Waals surface area (Å²) in [7, 11) is -3.59. The first kappa shape index (κ1) is 14.2. The van der Waals surface area contributed by atoms with Crippen LogP contribution in [0.2, 0.25) is 5.02 Å². The van der Waals surface area contributed by atoms with E-state index in [2.05, 4.69) is 4.72 Å². The molecule has 0 saturated heterocycles. The Kier molecular flexibility index (Phi) is 4.76. The molecule has 1 rings (SSSR count). The van der Waals surface area contributed by atoms with Crippen LogP contribution in [0.4, 0.5) is 5.69 Å². The fraction of sp³-hybridized carbons (Fsp3) is 0.400. The van der Waals surface area contributed by atoms with Gasteiger partial charge in [-0.3, -0.25) is 0 Å². The van der Waals surface area contributed by atoms with Crippen LogP contribution < -0.4 is 10.5 Å². The van der Waals surface area contributed by atoms with Crippen LogP contribution in [-0.4, -0.2) is 26.2 Å². The van der Waals surface area contributed by atoms with Crippen molar-refractivity contribution in [1.82, 2.24) is 4.72 Å². The second-order valence-electron chi connectivity index (χ2n) is 3.72. The fourth-order valence-electron chi connectivity index (χ4n) is 1.17. The number of nitrogen functional groups attached to an aromatic ring is 1. The van der Waals surface area contributed by atoms with Gasteiger partial charge in [0.15, 0.2) is 0 Å². The number of nitrogens with two attached hydrogens (primary N) is 1. The number of sulfonamides is 1. The summed E-state index contributed by atoms with van der Waals surface area (Å²) in [5.74, 6) is 0. The third kappa shape index (κ3) is 4.16. The number of halogens is 1. The van der Waals surface area contributed by atoms with Gasteiger partial charge in [0.2, 0.25) is 10.0 Å². The Labute approximate surface area is 106 Å². The monoisotopic (exact) mass is 278 g/mol. The average molecular weight is 279 g/mol. The summed E-state index contributed by atoms with van der Waals surface area (Å²) in [5, 5.41) is 9.34. The van der Waals surface area contributed by atoms with Crippen molar-refractivity contribution in [3.8, 4) is 0 Å². The molecule has 0 radical (unpaired) electrons. The smallest absolute Gasteiger partial charge is 0.240 e. The highest BCUT2D eigenvalue weighted by Crippen LogP contribution is 2.21. The predicted molar refractivity (Wildman–Crippen MR) is 67.4 cm³/mol. The minimum atomic E-state index is -3.59. The Hall–Kier alpha value is -0.820. The van der Waals surface area contributed by atoms with E-state index < -0.39 is 16.1 Å². The minimum Gasteiger partial charge on any atom is -0.397 e. The van der Waals surface area contributed by atoms with Gasteiger partial charge in [-0.2, -0.15) is 0 Å². The molecule has 1 aromatic carbocycles. The number of rotatable bonds is 5. The van der Waals surface area contributed by atoms with Crippen LogP contribution in [0.15, 0.2) is 23.1 Å². The van der Waals surface area contributed by atoms with Gasteiger partial charge in [0.25, 0.3) is 0 Å². The van der Waals surface area contributed by atoms with E-state index in [1.54, 1.807) is 6.92 Å². The Morgan fingerprint density at radius 2 is 2.18 bits per heavy atom. The Morgan fingerprint density at radius 1 is 1.53 bits per heavy atom. The van der Waals surface area contributed by atoms with Crippen LogP contribution in [0, 0.1) is 0 Å². The molecule has 0 heterocycles. The quantitative estimate of drug-likeness (QED) is 0.700. The van der Waals surface area contributed by atoms with Gasteiger partial charge in [-0.15, -0.1) is 0 Å². The van der Waals surface area contributed by atoms with E-state index in [1.165, 1.54) is 18.2 Å². The van der Waals surface area contributed by atoms with Gasteiger partial charge in [0.05, 0.1) is 21.7 Å². The molecule has 0 amide bonds. The van der Waals surface area contributed by atoms with Crippen LogP contribution in [0.1, 0.15) is 13.3 Å². The number of hydrogen-bond donors (Lipinski definition) is 3. The van der Waals surface area contributed by atoms with Crippen molar-refractivity contribution in [2.45, 2.75) is 24.3 Å². The van der Waals surface area contributed by atoms with Crippen molar-refractivity contribution in [3.63, 3.8) is 0 Å². The maximum Gasteiger partial charge on any atom is 0.240 e. The molecule has 1 unspecified atom stereocenters. The molecule has 1 atom stereocenters. The lowest BCUT2D eigenvalue weighted by molar-refractivity contribution is 0.186. The largest absolute Gasteiger partial charge is 0.397 e. The highest BCUT2D eigenvalue weighted by molar-refractivity contribution is 7.89. The molecule has 0 aromatic heterocycles. The first-order valence-electron chi connectivity index (χ1n) is 5.05. The fourth-order valence-corrected chi connectivity index (χ4v) is 2.37. The highest BCUT2D eigenvalue weighted by atomic mass is 35.5. The summed E-state index contributed by atoms with van der Waals surface area (Å²) in [5.41, 5.74) is 5.74. The van der Waals surface area contributed by atoms with Crippen LogP contribution in [0.3, 0.4) is 0 Å². The van der Waals surface area contributed by atoms with Crippen molar-refractivity contribution in [2.24, 2.45) is 0 Å². The molecule has 0 aliphatic rings. The van der Waals surface area contributed by atoms with Crippen molar-refractivity contribution in [1.29, 1.82) is 0 Å². The van der Waals surface area contributed by atoms with Gasteiger partial charge in [-0.05, 0) is 31.5 Å². The lowest BCUT2D eigenvalue weighted by Gasteiger charge is -2.08. The van der Waals surface area contributed by atoms with E-state index in [4.69, 9.17) is 22.4 Å². The van der Waals surface area contributed by atoms with E-state index in [-0.39, 0.29) is 17.1 Å². The summed E-state index contributed by atoms with van der Waals surface area (Å²) < 4.78 is 25.9. The van der Waals surface area contributed by atoms with Crippen LogP contribution >= 0.6 is 11.6 Å². The third-order valence-electron chi connectivity index (χ3n) is 2.13. The molecule has 0 saturated carbocycles. The van der Waals surface area contributed by atoms with Crippen LogP contribution in [-0.2, 0) is 10.0 Å². The predicted octanol–water partition coefficient (Wildman–Crippen LogP) is 0.971. The number of nitrogens with one attached hydrogen (secondary N) is 1. The second-order valence-corrected chi connectivity index (χ2v) is 5.89. The van der Waals surface area contributed by atoms with E-state index in [9.17, 15) is 8.42 Å². The van der Waals surface area contributed by atoms with Gasteiger partial charge in [0, 0.05) is 6.54 Å². The molecule has 0 aliphatic heterocycles. The second kappa shape index (κ2) is 5.68. The zero-order valence-corrected chi connectivity index (χ0v) is 10.9. The van der Waals surface area contributed by atoms with E-state index in [1.807, 2.05) is 0 Å². The summed E-state index contributed by atoms with van der Waals surface area (Å²) in [6, 6.07) is 4.11. The number of aliphatic hydroxyl groups is 1. The molecule has 0 aliphatic carbocycles. The number of hydrogen-bond acceptors (Lipinski definition) is 4. The zero-order chi connectivity index (χ0) is 13.1.